The number of likely N-dealkylation sites (tertiary alicyclic amines) is 1. The Kier molecular flexibility index (Phi) is 6.62. The Balaban J connectivity index is 1.33. The average Bonchev–Trinajstić information content (AvgIpc) is 3.47. The first-order chi connectivity index (χ1) is 14.7. The third-order valence-corrected chi connectivity index (χ3v) is 6.12. The molecule has 1 N–H and O–H groups in total. The lowest BCUT2D eigenvalue weighted by Gasteiger charge is -2.39. The Hall–Kier alpha value is -2.48. The van der Waals surface area contributed by atoms with Gasteiger partial charge in [0.1, 0.15) is 0 Å². The van der Waals surface area contributed by atoms with Crippen LogP contribution in [0.3, 0.4) is 0 Å². The van der Waals surface area contributed by atoms with E-state index < -0.39 is 0 Å². The molecule has 3 aliphatic heterocycles. The average molecular weight is 416 g/mol. The summed E-state index contributed by atoms with van der Waals surface area (Å²) in [6, 6.07) is 5.93. The quantitative estimate of drug-likeness (QED) is 0.581. The fourth-order valence-corrected chi connectivity index (χ4v) is 4.31. The van der Waals surface area contributed by atoms with Gasteiger partial charge < -0.3 is 24.6 Å². The van der Waals surface area contributed by atoms with Gasteiger partial charge in [-0.1, -0.05) is 6.07 Å². The predicted octanol–water partition coefficient (Wildman–Crippen LogP) is 1.51. The molecule has 1 amide bonds. The van der Waals surface area contributed by atoms with Gasteiger partial charge >= 0.3 is 0 Å². The van der Waals surface area contributed by atoms with Crippen molar-refractivity contribution < 1.29 is 14.3 Å². The van der Waals surface area contributed by atoms with E-state index in [4.69, 9.17) is 14.5 Å². The highest BCUT2D eigenvalue weighted by molar-refractivity contribution is 5.82. The lowest BCUT2D eigenvalue weighted by atomic mass is 10.2. The molecule has 30 heavy (non-hydrogen) atoms. The van der Waals surface area contributed by atoms with E-state index in [9.17, 15) is 4.79 Å². The first-order valence-corrected chi connectivity index (χ1v) is 11.1. The van der Waals surface area contributed by atoms with E-state index in [0.29, 0.717) is 6.54 Å². The molecule has 3 aliphatic rings. The third-order valence-electron chi connectivity index (χ3n) is 6.12. The SMILES string of the molecule is CCNC(=NCc1ccc2c(c1)OCO2)N1CCN(C(C)C(=O)N2CCCC2)CC1. The van der Waals surface area contributed by atoms with E-state index in [1.165, 1.54) is 0 Å². The van der Waals surface area contributed by atoms with Crippen LogP contribution in [0.2, 0.25) is 0 Å². The van der Waals surface area contributed by atoms with Crippen LogP contribution >= 0.6 is 0 Å². The first kappa shape index (κ1) is 20.8. The number of hydrogen-bond acceptors (Lipinski definition) is 5. The van der Waals surface area contributed by atoms with Gasteiger partial charge in [0.2, 0.25) is 12.7 Å². The number of benzene rings is 1. The lowest BCUT2D eigenvalue weighted by Crippen LogP contribution is -2.57. The van der Waals surface area contributed by atoms with E-state index in [1.807, 2.05) is 23.1 Å². The molecule has 4 rings (SSSR count). The van der Waals surface area contributed by atoms with E-state index in [2.05, 4.69) is 29.0 Å². The number of carbonyl (C=O) groups is 1. The maximum Gasteiger partial charge on any atom is 0.239 e. The van der Waals surface area contributed by atoms with Crippen LogP contribution in [-0.4, -0.2) is 85.2 Å². The zero-order chi connectivity index (χ0) is 20.9. The number of amides is 1. The van der Waals surface area contributed by atoms with Crippen molar-refractivity contribution in [3.05, 3.63) is 23.8 Å². The van der Waals surface area contributed by atoms with Crippen LogP contribution in [0, 0.1) is 0 Å². The van der Waals surface area contributed by atoms with Gasteiger partial charge in [-0.05, 0) is 44.4 Å². The molecule has 0 spiro atoms. The smallest absolute Gasteiger partial charge is 0.239 e. The van der Waals surface area contributed by atoms with Crippen LogP contribution in [0.1, 0.15) is 32.3 Å². The standard InChI is InChI=1S/C22H33N5O3/c1-3-23-22(24-15-18-6-7-19-20(14-18)30-16-29-19)27-12-10-25(11-13-27)17(2)21(28)26-8-4-5-9-26/h6-7,14,17H,3-5,8-13,15-16H2,1-2H3,(H,23,24). The number of carbonyl (C=O) groups excluding carboxylic acids is 1. The molecule has 8 heteroatoms. The molecule has 0 bridgehead atoms. The van der Waals surface area contributed by atoms with Crippen LogP contribution in [-0.2, 0) is 11.3 Å². The predicted molar refractivity (Wildman–Crippen MR) is 116 cm³/mol. The second kappa shape index (κ2) is 9.55. The molecule has 1 aromatic rings. The molecule has 1 unspecified atom stereocenters. The molecule has 0 radical (unpaired) electrons. The van der Waals surface area contributed by atoms with Crippen LogP contribution < -0.4 is 14.8 Å². The van der Waals surface area contributed by atoms with Gasteiger partial charge in [-0.15, -0.1) is 0 Å². The molecule has 2 saturated heterocycles. The van der Waals surface area contributed by atoms with E-state index in [1.54, 1.807) is 0 Å². The molecule has 164 valence electrons. The van der Waals surface area contributed by atoms with Gasteiger partial charge in [0, 0.05) is 45.8 Å². The lowest BCUT2D eigenvalue weighted by molar-refractivity contribution is -0.135. The monoisotopic (exact) mass is 415 g/mol. The highest BCUT2D eigenvalue weighted by Gasteiger charge is 2.30. The molecule has 1 aromatic carbocycles. The fourth-order valence-electron chi connectivity index (χ4n) is 4.31. The molecule has 0 aliphatic carbocycles. The molecule has 1 atom stereocenters. The topological polar surface area (TPSA) is 69.6 Å². The van der Waals surface area contributed by atoms with Gasteiger partial charge in [0.15, 0.2) is 17.5 Å². The maximum atomic E-state index is 12.7. The molecule has 2 fully saturated rings. The summed E-state index contributed by atoms with van der Waals surface area (Å²) in [7, 11) is 0. The van der Waals surface area contributed by atoms with Crippen molar-refractivity contribution in [3.63, 3.8) is 0 Å². The van der Waals surface area contributed by atoms with Crippen molar-refractivity contribution in [1.82, 2.24) is 20.0 Å². The summed E-state index contributed by atoms with van der Waals surface area (Å²) < 4.78 is 10.8. The number of ether oxygens (including phenoxy) is 2. The second-order valence-corrected chi connectivity index (χ2v) is 8.09. The normalized spacial score (nSPS) is 20.5. The van der Waals surface area contributed by atoms with Gasteiger partial charge in [-0.3, -0.25) is 9.69 Å². The summed E-state index contributed by atoms with van der Waals surface area (Å²) in [6.45, 7) is 11.1. The minimum Gasteiger partial charge on any atom is -0.454 e. The Morgan fingerprint density at radius 1 is 1.07 bits per heavy atom. The Morgan fingerprint density at radius 2 is 1.80 bits per heavy atom. The Bertz CT molecular complexity index is 770. The Labute approximate surface area is 178 Å². The number of piperazine rings is 1. The van der Waals surface area contributed by atoms with Gasteiger partial charge in [-0.2, -0.15) is 0 Å². The molecule has 0 aromatic heterocycles. The summed E-state index contributed by atoms with van der Waals surface area (Å²) in [5, 5.41) is 3.41. The molecular weight excluding hydrogens is 382 g/mol. The highest BCUT2D eigenvalue weighted by atomic mass is 16.7. The first-order valence-electron chi connectivity index (χ1n) is 11.1. The van der Waals surface area contributed by atoms with Crippen molar-refractivity contribution in [2.45, 2.75) is 39.3 Å². The zero-order valence-electron chi connectivity index (χ0n) is 18.1. The summed E-state index contributed by atoms with van der Waals surface area (Å²) in [4.78, 5) is 24.2. The van der Waals surface area contributed by atoms with Crippen molar-refractivity contribution in [3.8, 4) is 11.5 Å². The third kappa shape index (κ3) is 4.64. The number of guanidine groups is 1. The van der Waals surface area contributed by atoms with Crippen molar-refractivity contribution in [2.24, 2.45) is 4.99 Å². The van der Waals surface area contributed by atoms with Crippen LogP contribution in [0.5, 0.6) is 11.5 Å². The largest absolute Gasteiger partial charge is 0.454 e. The summed E-state index contributed by atoms with van der Waals surface area (Å²) in [6.07, 6.45) is 2.27. The van der Waals surface area contributed by atoms with Crippen LogP contribution in [0.4, 0.5) is 0 Å². The second-order valence-electron chi connectivity index (χ2n) is 8.09. The number of aliphatic imine (C=N–C) groups is 1. The number of nitrogens with one attached hydrogen (secondary N) is 1. The van der Waals surface area contributed by atoms with E-state index in [0.717, 1.165) is 81.7 Å². The van der Waals surface area contributed by atoms with Gasteiger partial charge in [0.25, 0.3) is 0 Å². The highest BCUT2D eigenvalue weighted by Crippen LogP contribution is 2.32. The van der Waals surface area contributed by atoms with E-state index >= 15 is 0 Å². The van der Waals surface area contributed by atoms with Crippen LogP contribution in [0.25, 0.3) is 0 Å². The minimum atomic E-state index is -0.0431. The molecule has 8 nitrogen and oxygen atoms in total. The van der Waals surface area contributed by atoms with Crippen molar-refractivity contribution in [1.29, 1.82) is 0 Å². The summed E-state index contributed by atoms with van der Waals surface area (Å²) in [5.74, 6) is 2.79. The number of fused-ring (bicyclic) bond motifs is 1. The maximum absolute atomic E-state index is 12.7. The number of nitrogens with zero attached hydrogens (tertiary/aromatic N) is 4. The van der Waals surface area contributed by atoms with Crippen LogP contribution in [0.15, 0.2) is 23.2 Å². The molecule has 0 saturated carbocycles. The van der Waals surface area contributed by atoms with Crippen molar-refractivity contribution >= 4 is 11.9 Å². The summed E-state index contributed by atoms with van der Waals surface area (Å²) in [5.41, 5.74) is 1.10. The van der Waals surface area contributed by atoms with Crippen molar-refractivity contribution in [2.75, 3.05) is 52.6 Å². The van der Waals surface area contributed by atoms with E-state index in [-0.39, 0.29) is 18.7 Å². The Morgan fingerprint density at radius 3 is 2.53 bits per heavy atom. The minimum absolute atomic E-state index is 0.0431. The molecular formula is C22H33N5O3. The summed E-state index contributed by atoms with van der Waals surface area (Å²) >= 11 is 0. The molecule has 3 heterocycles. The van der Waals surface area contributed by atoms with Gasteiger partial charge in [0.05, 0.1) is 12.6 Å². The zero-order valence-corrected chi connectivity index (χ0v) is 18.1. The fraction of sp³-hybridized carbons (Fsp3) is 0.636. The van der Waals surface area contributed by atoms with Gasteiger partial charge in [-0.25, -0.2) is 4.99 Å². The number of hydrogen-bond donors (Lipinski definition) is 1. The number of rotatable bonds is 5.